The Bertz CT molecular complexity index is 404. The Morgan fingerprint density at radius 1 is 1.35 bits per heavy atom. The highest BCUT2D eigenvalue weighted by atomic mass is 15.1. The minimum Gasteiger partial charge on any atom is -0.397 e. The summed E-state index contributed by atoms with van der Waals surface area (Å²) in [6.45, 7) is 4.87. The topological polar surface area (TPSA) is 53.0 Å². The summed E-state index contributed by atoms with van der Waals surface area (Å²) in [5.74, 6) is 0. The van der Waals surface area contributed by atoms with Crippen molar-refractivity contribution in [2.45, 2.75) is 26.7 Å². The molecule has 0 aliphatic rings. The number of nitriles is 1. The molecule has 0 radical (unpaired) electrons. The highest BCUT2D eigenvalue weighted by molar-refractivity contribution is 5.66. The van der Waals surface area contributed by atoms with Crippen LogP contribution in [0.2, 0.25) is 0 Å². The molecule has 17 heavy (non-hydrogen) atoms. The van der Waals surface area contributed by atoms with Crippen molar-refractivity contribution in [3.05, 3.63) is 24.3 Å². The molecular weight excluding hydrogens is 210 g/mol. The van der Waals surface area contributed by atoms with Gasteiger partial charge in [-0.05, 0) is 38.8 Å². The first-order chi connectivity index (χ1) is 7.96. The molecule has 2 N–H and O–H groups in total. The van der Waals surface area contributed by atoms with Crippen LogP contribution in [0, 0.1) is 16.7 Å². The molecule has 0 atom stereocenters. The zero-order chi connectivity index (χ0) is 12.9. The molecule has 0 amide bonds. The average molecular weight is 231 g/mol. The number of nitrogens with two attached hydrogens (primary N) is 1. The molecule has 3 nitrogen and oxygen atoms in total. The van der Waals surface area contributed by atoms with E-state index in [0.717, 1.165) is 30.8 Å². The highest BCUT2D eigenvalue weighted by Gasteiger charge is 2.16. The van der Waals surface area contributed by atoms with E-state index in [0.29, 0.717) is 0 Å². The summed E-state index contributed by atoms with van der Waals surface area (Å²) in [6.07, 6.45) is 1.89. The number of benzene rings is 1. The predicted molar refractivity (Wildman–Crippen MR) is 72.8 cm³/mol. The molecule has 3 heteroatoms. The normalized spacial score (nSPS) is 10.9. The maximum absolute atomic E-state index is 8.94. The fourth-order valence-electron chi connectivity index (χ4n) is 1.77. The number of hydrogen-bond donors (Lipinski definition) is 1. The van der Waals surface area contributed by atoms with Gasteiger partial charge >= 0.3 is 0 Å². The van der Waals surface area contributed by atoms with Gasteiger partial charge in [0.1, 0.15) is 0 Å². The van der Waals surface area contributed by atoms with Crippen molar-refractivity contribution in [1.29, 1.82) is 5.26 Å². The van der Waals surface area contributed by atoms with E-state index >= 15 is 0 Å². The quantitative estimate of drug-likeness (QED) is 0.792. The minimum absolute atomic E-state index is 0.233. The molecule has 0 heterocycles. The van der Waals surface area contributed by atoms with Gasteiger partial charge in [-0.25, -0.2) is 0 Å². The fourth-order valence-corrected chi connectivity index (χ4v) is 1.77. The second kappa shape index (κ2) is 5.58. The second-order valence-corrected chi connectivity index (χ2v) is 5.08. The molecular formula is C14H21N3. The second-order valence-electron chi connectivity index (χ2n) is 5.08. The van der Waals surface area contributed by atoms with Crippen molar-refractivity contribution in [2.24, 2.45) is 5.41 Å². The molecule has 0 spiro atoms. The fraction of sp³-hybridized carbons (Fsp3) is 0.500. The van der Waals surface area contributed by atoms with Crippen LogP contribution in [0.1, 0.15) is 26.7 Å². The molecule has 0 saturated heterocycles. The third-order valence-electron chi connectivity index (χ3n) is 2.95. The van der Waals surface area contributed by atoms with Crippen LogP contribution in [0.15, 0.2) is 24.3 Å². The van der Waals surface area contributed by atoms with Crippen molar-refractivity contribution in [1.82, 2.24) is 0 Å². The molecule has 0 fully saturated rings. The van der Waals surface area contributed by atoms with E-state index in [1.807, 2.05) is 45.2 Å². The van der Waals surface area contributed by atoms with E-state index in [2.05, 4.69) is 11.0 Å². The Kier molecular flexibility index (Phi) is 4.39. The van der Waals surface area contributed by atoms with E-state index < -0.39 is 0 Å². The zero-order valence-corrected chi connectivity index (χ0v) is 10.9. The first-order valence-corrected chi connectivity index (χ1v) is 5.93. The average Bonchev–Trinajstić information content (AvgIpc) is 2.29. The van der Waals surface area contributed by atoms with Gasteiger partial charge in [-0.3, -0.25) is 0 Å². The van der Waals surface area contributed by atoms with Crippen LogP contribution in [-0.2, 0) is 0 Å². The van der Waals surface area contributed by atoms with Gasteiger partial charge in [-0.2, -0.15) is 5.26 Å². The number of hydrogen-bond acceptors (Lipinski definition) is 3. The largest absolute Gasteiger partial charge is 0.397 e. The van der Waals surface area contributed by atoms with Gasteiger partial charge in [0.25, 0.3) is 0 Å². The van der Waals surface area contributed by atoms with Gasteiger partial charge < -0.3 is 10.6 Å². The van der Waals surface area contributed by atoms with Gasteiger partial charge in [0, 0.05) is 13.6 Å². The summed E-state index contributed by atoms with van der Waals surface area (Å²) in [5, 5.41) is 8.94. The third-order valence-corrected chi connectivity index (χ3v) is 2.95. The van der Waals surface area contributed by atoms with Crippen molar-refractivity contribution in [3.63, 3.8) is 0 Å². The highest BCUT2D eigenvalue weighted by Crippen LogP contribution is 2.24. The number of para-hydroxylation sites is 2. The number of nitrogens with zero attached hydrogens (tertiary/aromatic N) is 2. The lowest BCUT2D eigenvalue weighted by molar-refractivity contribution is 0.436. The first-order valence-electron chi connectivity index (χ1n) is 5.93. The number of anilines is 2. The van der Waals surface area contributed by atoms with Gasteiger partial charge in [0.15, 0.2) is 0 Å². The SMILES string of the molecule is CN(CCCC(C)(C)C#N)c1ccccc1N. The summed E-state index contributed by atoms with van der Waals surface area (Å²) in [4.78, 5) is 2.14. The van der Waals surface area contributed by atoms with Gasteiger partial charge in [-0.1, -0.05) is 12.1 Å². The molecule has 1 rings (SSSR count). The van der Waals surface area contributed by atoms with E-state index in [4.69, 9.17) is 11.0 Å². The summed E-state index contributed by atoms with van der Waals surface area (Å²) in [6, 6.07) is 10.2. The predicted octanol–water partition coefficient (Wildman–Crippen LogP) is 3.03. The van der Waals surface area contributed by atoms with E-state index in [1.54, 1.807) is 0 Å². The minimum atomic E-state index is -0.233. The van der Waals surface area contributed by atoms with Crippen LogP contribution in [0.25, 0.3) is 0 Å². The van der Waals surface area contributed by atoms with E-state index in [9.17, 15) is 0 Å². The first kappa shape index (κ1) is 13.4. The Morgan fingerprint density at radius 2 is 2.00 bits per heavy atom. The maximum Gasteiger partial charge on any atom is 0.0683 e. The number of nitrogen functional groups attached to an aromatic ring is 1. The Labute approximate surface area is 104 Å². The summed E-state index contributed by atoms with van der Waals surface area (Å²) >= 11 is 0. The van der Waals surface area contributed by atoms with Crippen LogP contribution in [0.5, 0.6) is 0 Å². The molecule has 0 unspecified atom stereocenters. The summed E-state index contributed by atoms with van der Waals surface area (Å²) < 4.78 is 0. The van der Waals surface area contributed by atoms with Crippen LogP contribution in [-0.4, -0.2) is 13.6 Å². The van der Waals surface area contributed by atoms with Crippen LogP contribution in [0.4, 0.5) is 11.4 Å². The molecule has 0 aliphatic carbocycles. The van der Waals surface area contributed by atoms with E-state index in [-0.39, 0.29) is 5.41 Å². The van der Waals surface area contributed by atoms with Crippen LogP contribution in [0.3, 0.4) is 0 Å². The van der Waals surface area contributed by atoms with Gasteiger partial charge in [0.05, 0.1) is 22.9 Å². The molecule has 1 aromatic rings. The zero-order valence-electron chi connectivity index (χ0n) is 10.9. The monoisotopic (exact) mass is 231 g/mol. The molecule has 0 aromatic heterocycles. The Morgan fingerprint density at radius 3 is 2.59 bits per heavy atom. The summed E-state index contributed by atoms with van der Waals surface area (Å²) in [5.41, 5.74) is 7.54. The van der Waals surface area contributed by atoms with Crippen LogP contribution < -0.4 is 10.6 Å². The van der Waals surface area contributed by atoms with Crippen molar-refractivity contribution in [2.75, 3.05) is 24.2 Å². The Balaban J connectivity index is 2.49. The molecule has 0 saturated carbocycles. The lowest BCUT2D eigenvalue weighted by atomic mass is 9.90. The lowest BCUT2D eigenvalue weighted by Crippen LogP contribution is -2.21. The van der Waals surface area contributed by atoms with Crippen molar-refractivity contribution < 1.29 is 0 Å². The molecule has 0 bridgehead atoms. The molecule has 0 aliphatic heterocycles. The smallest absolute Gasteiger partial charge is 0.0683 e. The summed E-state index contributed by atoms with van der Waals surface area (Å²) in [7, 11) is 2.03. The lowest BCUT2D eigenvalue weighted by Gasteiger charge is -2.22. The molecule has 92 valence electrons. The maximum atomic E-state index is 8.94. The standard InChI is InChI=1S/C14H21N3/c1-14(2,11-15)9-6-10-17(3)13-8-5-4-7-12(13)16/h4-5,7-8H,6,9-10,16H2,1-3H3. The van der Waals surface area contributed by atoms with Crippen LogP contribution >= 0.6 is 0 Å². The Hall–Kier alpha value is -1.69. The van der Waals surface area contributed by atoms with Gasteiger partial charge in [0.2, 0.25) is 0 Å². The number of rotatable bonds is 5. The molecule has 1 aromatic carbocycles. The third kappa shape index (κ3) is 3.99. The van der Waals surface area contributed by atoms with Gasteiger partial charge in [-0.15, -0.1) is 0 Å². The van der Waals surface area contributed by atoms with E-state index in [1.165, 1.54) is 0 Å². The van der Waals surface area contributed by atoms with Crippen molar-refractivity contribution in [3.8, 4) is 6.07 Å². The van der Waals surface area contributed by atoms with Crippen molar-refractivity contribution >= 4 is 11.4 Å².